The Morgan fingerprint density at radius 2 is 1.87 bits per heavy atom. The van der Waals surface area contributed by atoms with Gasteiger partial charge >= 0.3 is 0 Å². The molecular formula is C25H35N3O2. The molecule has 2 aromatic rings. The Balaban J connectivity index is 1.52. The Hall–Kier alpha value is -2.30. The lowest BCUT2D eigenvalue weighted by atomic mass is 9.76. The van der Waals surface area contributed by atoms with Crippen molar-refractivity contribution in [3.63, 3.8) is 0 Å². The molecule has 2 amide bonds. The number of likely N-dealkylation sites (tertiary alicyclic amines) is 1. The predicted molar refractivity (Wildman–Crippen MR) is 120 cm³/mol. The van der Waals surface area contributed by atoms with Gasteiger partial charge in [-0.3, -0.25) is 9.59 Å². The van der Waals surface area contributed by atoms with Crippen LogP contribution >= 0.6 is 0 Å². The number of aromatic amines is 1. The van der Waals surface area contributed by atoms with Crippen LogP contribution in [0.1, 0.15) is 71.3 Å². The number of amides is 2. The van der Waals surface area contributed by atoms with Gasteiger partial charge in [0.05, 0.1) is 0 Å². The predicted octanol–water partition coefficient (Wildman–Crippen LogP) is 4.57. The summed E-state index contributed by atoms with van der Waals surface area (Å²) < 4.78 is 0. The van der Waals surface area contributed by atoms with Crippen molar-refractivity contribution >= 4 is 22.7 Å². The van der Waals surface area contributed by atoms with Gasteiger partial charge in [0.2, 0.25) is 11.8 Å². The first-order chi connectivity index (χ1) is 14.3. The highest BCUT2D eigenvalue weighted by atomic mass is 16.2. The molecule has 1 saturated heterocycles. The van der Waals surface area contributed by atoms with Crippen molar-refractivity contribution in [1.29, 1.82) is 0 Å². The number of para-hydroxylation sites is 1. The quantitative estimate of drug-likeness (QED) is 0.777. The Morgan fingerprint density at radius 1 is 1.10 bits per heavy atom. The van der Waals surface area contributed by atoms with Crippen LogP contribution in [0.5, 0.6) is 0 Å². The van der Waals surface area contributed by atoms with Crippen molar-refractivity contribution < 1.29 is 9.59 Å². The number of hydrogen-bond acceptors (Lipinski definition) is 2. The van der Waals surface area contributed by atoms with E-state index in [1.54, 1.807) is 0 Å². The minimum atomic E-state index is -0.334. The number of nitrogens with zero attached hydrogens (tertiary/aromatic N) is 1. The molecule has 5 heteroatoms. The molecule has 1 aliphatic carbocycles. The van der Waals surface area contributed by atoms with Gasteiger partial charge in [-0.15, -0.1) is 0 Å². The summed E-state index contributed by atoms with van der Waals surface area (Å²) in [6.45, 7) is 6.00. The average molecular weight is 410 g/mol. The van der Waals surface area contributed by atoms with Crippen LogP contribution in [0.2, 0.25) is 0 Å². The van der Waals surface area contributed by atoms with Gasteiger partial charge in [0.15, 0.2) is 0 Å². The second-order valence-electron chi connectivity index (χ2n) is 10.1. The Kier molecular flexibility index (Phi) is 5.90. The first-order valence-corrected chi connectivity index (χ1v) is 11.5. The maximum atomic E-state index is 13.5. The van der Waals surface area contributed by atoms with Crippen LogP contribution in [0.25, 0.3) is 10.9 Å². The molecule has 1 aliphatic heterocycles. The molecule has 30 heavy (non-hydrogen) atoms. The van der Waals surface area contributed by atoms with Crippen molar-refractivity contribution in [2.45, 2.75) is 89.8 Å². The van der Waals surface area contributed by atoms with Crippen LogP contribution in [0.3, 0.4) is 0 Å². The topological polar surface area (TPSA) is 65.2 Å². The largest absolute Gasteiger partial charge is 0.361 e. The molecule has 1 aromatic heterocycles. The SMILES string of the molecule is CC(C)(C)NC(=O)C1CCC2CCCCC2N1C(=O)CCc1c[nH]c2ccccc12. The lowest BCUT2D eigenvalue weighted by Gasteiger charge is -2.48. The highest BCUT2D eigenvalue weighted by Gasteiger charge is 2.43. The van der Waals surface area contributed by atoms with E-state index in [1.165, 1.54) is 23.8 Å². The highest BCUT2D eigenvalue weighted by molar-refractivity contribution is 5.89. The van der Waals surface area contributed by atoms with Gasteiger partial charge in [-0.2, -0.15) is 0 Å². The summed E-state index contributed by atoms with van der Waals surface area (Å²) >= 11 is 0. The fourth-order valence-electron chi connectivity index (χ4n) is 5.41. The summed E-state index contributed by atoms with van der Waals surface area (Å²) in [5, 5.41) is 4.31. The number of aryl methyl sites for hydroxylation is 1. The van der Waals surface area contributed by atoms with Crippen molar-refractivity contribution in [2.75, 3.05) is 0 Å². The molecule has 3 atom stereocenters. The number of nitrogens with one attached hydrogen (secondary N) is 2. The zero-order chi connectivity index (χ0) is 21.3. The van der Waals surface area contributed by atoms with E-state index in [1.807, 2.05) is 44.0 Å². The number of carbonyl (C=O) groups excluding carboxylic acids is 2. The van der Waals surface area contributed by atoms with Crippen LogP contribution in [-0.2, 0) is 16.0 Å². The number of rotatable bonds is 4. The highest BCUT2D eigenvalue weighted by Crippen LogP contribution is 2.38. The minimum absolute atomic E-state index is 0.00645. The van der Waals surface area contributed by atoms with E-state index >= 15 is 0 Å². The van der Waals surface area contributed by atoms with E-state index in [0.717, 1.165) is 31.2 Å². The van der Waals surface area contributed by atoms with Gasteiger partial charge in [-0.25, -0.2) is 0 Å². The van der Waals surface area contributed by atoms with E-state index in [2.05, 4.69) is 22.4 Å². The Bertz CT molecular complexity index is 910. The van der Waals surface area contributed by atoms with Crippen LogP contribution in [0.4, 0.5) is 0 Å². The second kappa shape index (κ2) is 8.44. The first-order valence-electron chi connectivity index (χ1n) is 11.5. The number of H-pyrrole nitrogens is 1. The van der Waals surface area contributed by atoms with Crippen molar-refractivity contribution in [2.24, 2.45) is 5.92 Å². The monoisotopic (exact) mass is 409 g/mol. The summed E-state index contributed by atoms with van der Waals surface area (Å²) in [7, 11) is 0. The molecule has 1 aromatic carbocycles. The van der Waals surface area contributed by atoms with Gasteiger partial charge in [0.25, 0.3) is 0 Å². The van der Waals surface area contributed by atoms with E-state index in [0.29, 0.717) is 18.8 Å². The van der Waals surface area contributed by atoms with E-state index < -0.39 is 0 Å². The molecule has 5 nitrogen and oxygen atoms in total. The summed E-state index contributed by atoms with van der Waals surface area (Å²) in [4.78, 5) is 31.9. The molecule has 2 heterocycles. The summed E-state index contributed by atoms with van der Waals surface area (Å²) in [6.07, 6.45) is 9.61. The van der Waals surface area contributed by atoms with E-state index in [4.69, 9.17) is 0 Å². The molecule has 2 N–H and O–H groups in total. The third-order valence-corrected chi connectivity index (χ3v) is 6.74. The summed E-state index contributed by atoms with van der Waals surface area (Å²) in [6, 6.07) is 8.10. The molecule has 162 valence electrons. The van der Waals surface area contributed by atoms with Crippen molar-refractivity contribution in [3.05, 3.63) is 36.0 Å². The Labute approximate surface area is 179 Å². The normalized spacial score (nSPS) is 24.5. The minimum Gasteiger partial charge on any atom is -0.361 e. The molecule has 3 unspecified atom stereocenters. The van der Waals surface area contributed by atoms with Crippen LogP contribution < -0.4 is 5.32 Å². The smallest absolute Gasteiger partial charge is 0.243 e. The molecule has 0 radical (unpaired) electrons. The molecule has 1 saturated carbocycles. The van der Waals surface area contributed by atoms with Crippen LogP contribution in [-0.4, -0.2) is 39.3 Å². The van der Waals surface area contributed by atoms with Crippen LogP contribution in [0.15, 0.2) is 30.5 Å². The number of fused-ring (bicyclic) bond motifs is 2. The third-order valence-electron chi connectivity index (χ3n) is 6.74. The maximum Gasteiger partial charge on any atom is 0.243 e. The van der Waals surface area contributed by atoms with Gasteiger partial charge in [-0.1, -0.05) is 31.0 Å². The number of carbonyl (C=O) groups is 2. The lowest BCUT2D eigenvalue weighted by Crippen LogP contribution is -2.61. The molecule has 2 fully saturated rings. The molecule has 2 aliphatic rings. The molecule has 0 spiro atoms. The number of piperidine rings is 1. The van der Waals surface area contributed by atoms with Crippen LogP contribution in [0, 0.1) is 5.92 Å². The number of hydrogen-bond donors (Lipinski definition) is 2. The molecule has 0 bridgehead atoms. The first kappa shape index (κ1) is 21.0. The van der Waals surface area contributed by atoms with E-state index in [9.17, 15) is 9.59 Å². The van der Waals surface area contributed by atoms with Crippen molar-refractivity contribution in [1.82, 2.24) is 15.2 Å². The van der Waals surface area contributed by atoms with Gasteiger partial charge in [0, 0.05) is 35.1 Å². The molecular weight excluding hydrogens is 374 g/mol. The summed E-state index contributed by atoms with van der Waals surface area (Å²) in [5.41, 5.74) is 1.98. The van der Waals surface area contributed by atoms with E-state index in [-0.39, 0.29) is 29.4 Å². The zero-order valence-electron chi connectivity index (χ0n) is 18.5. The fourth-order valence-corrected chi connectivity index (χ4v) is 5.41. The standard InChI is InChI=1S/C25H35N3O2/c1-25(2,3)27-24(30)22-14-12-17-8-4-7-11-21(17)28(22)23(29)15-13-18-16-26-20-10-6-5-9-19(18)20/h5-6,9-10,16-17,21-22,26H,4,7-8,11-15H2,1-3H3,(H,27,30). The maximum absolute atomic E-state index is 13.5. The van der Waals surface area contributed by atoms with Crippen molar-refractivity contribution in [3.8, 4) is 0 Å². The van der Waals surface area contributed by atoms with Gasteiger partial charge in [-0.05, 0) is 70.4 Å². The zero-order valence-corrected chi connectivity index (χ0v) is 18.5. The number of benzene rings is 1. The summed E-state index contributed by atoms with van der Waals surface area (Å²) in [5.74, 6) is 0.687. The lowest BCUT2D eigenvalue weighted by molar-refractivity contribution is -0.150. The Morgan fingerprint density at radius 3 is 2.67 bits per heavy atom. The third kappa shape index (κ3) is 4.40. The fraction of sp³-hybridized carbons (Fsp3) is 0.600. The second-order valence-corrected chi connectivity index (χ2v) is 10.1. The number of aromatic nitrogens is 1. The van der Waals surface area contributed by atoms with Gasteiger partial charge in [0.1, 0.15) is 6.04 Å². The molecule has 4 rings (SSSR count). The van der Waals surface area contributed by atoms with Gasteiger partial charge < -0.3 is 15.2 Å². The average Bonchev–Trinajstić information content (AvgIpc) is 3.13.